The summed E-state index contributed by atoms with van der Waals surface area (Å²) in [5, 5.41) is 10.9. The number of carboxylic acids is 1. The topological polar surface area (TPSA) is 83.6 Å². The van der Waals surface area contributed by atoms with Crippen LogP contribution in [0.25, 0.3) is 0 Å². The highest BCUT2D eigenvalue weighted by Crippen LogP contribution is 2.27. The van der Waals surface area contributed by atoms with E-state index in [0.29, 0.717) is 6.54 Å². The van der Waals surface area contributed by atoms with E-state index in [2.05, 4.69) is 0 Å². The number of carboxylic acid groups (broad SMARTS) is 1. The van der Waals surface area contributed by atoms with Gasteiger partial charge in [0.15, 0.2) is 0 Å². The largest absolute Gasteiger partial charge is 0.480 e. The molecule has 1 aromatic heterocycles. The van der Waals surface area contributed by atoms with E-state index in [0.717, 1.165) is 4.88 Å². The Morgan fingerprint density at radius 1 is 1.55 bits per heavy atom. The third-order valence-corrected chi connectivity index (χ3v) is 5.23. The van der Waals surface area contributed by atoms with Crippen LogP contribution in [0.2, 0.25) is 0 Å². The number of aliphatic carboxylic acids is 1. The molecule has 1 aromatic rings. The lowest BCUT2D eigenvalue weighted by atomic mass is 10.1. The zero-order valence-corrected chi connectivity index (χ0v) is 13.5. The fraction of sp³-hybridized carbons (Fsp3) is 0.538. The molecule has 5 nitrogen and oxygen atoms in total. The number of hydrogen-bond donors (Lipinski definition) is 2. The molecule has 0 aliphatic heterocycles. The van der Waals surface area contributed by atoms with Gasteiger partial charge in [-0.15, -0.1) is 23.1 Å². The highest BCUT2D eigenvalue weighted by Gasteiger charge is 2.33. The van der Waals surface area contributed by atoms with E-state index in [1.54, 1.807) is 37.1 Å². The Labute approximate surface area is 127 Å². The Kier molecular flexibility index (Phi) is 6.04. The second kappa shape index (κ2) is 7.10. The van der Waals surface area contributed by atoms with Gasteiger partial charge in [-0.3, -0.25) is 9.59 Å². The molecular weight excluding hydrogens is 296 g/mol. The maximum atomic E-state index is 12.0. The van der Waals surface area contributed by atoms with E-state index in [1.165, 1.54) is 11.8 Å². The first-order valence-corrected chi connectivity index (χ1v) is 7.99. The highest BCUT2D eigenvalue weighted by molar-refractivity contribution is 8.01. The fourth-order valence-corrected chi connectivity index (χ4v) is 3.22. The van der Waals surface area contributed by atoms with E-state index in [1.807, 2.05) is 17.5 Å². The van der Waals surface area contributed by atoms with Gasteiger partial charge in [-0.2, -0.15) is 0 Å². The monoisotopic (exact) mass is 316 g/mol. The Hall–Kier alpha value is -1.05. The van der Waals surface area contributed by atoms with E-state index in [-0.39, 0.29) is 11.7 Å². The lowest BCUT2D eigenvalue weighted by molar-refractivity contribution is -0.139. The van der Waals surface area contributed by atoms with Gasteiger partial charge in [0.1, 0.15) is 6.04 Å². The third-order valence-electron chi connectivity index (χ3n) is 2.98. The zero-order valence-electron chi connectivity index (χ0n) is 11.8. The summed E-state index contributed by atoms with van der Waals surface area (Å²) in [5.74, 6) is -0.869. The molecule has 112 valence electrons. The van der Waals surface area contributed by atoms with Crippen LogP contribution in [0.5, 0.6) is 0 Å². The van der Waals surface area contributed by atoms with Crippen molar-refractivity contribution in [3.8, 4) is 0 Å². The summed E-state index contributed by atoms with van der Waals surface area (Å²) in [7, 11) is 1.74. The van der Waals surface area contributed by atoms with Crippen molar-refractivity contribution in [1.82, 2.24) is 4.90 Å². The molecule has 0 saturated heterocycles. The molecule has 0 aromatic carbocycles. The lowest BCUT2D eigenvalue weighted by Crippen LogP contribution is -2.47. The van der Waals surface area contributed by atoms with Crippen molar-refractivity contribution >= 4 is 35.0 Å². The molecule has 1 heterocycles. The molecule has 20 heavy (non-hydrogen) atoms. The number of hydrogen-bond acceptors (Lipinski definition) is 5. The van der Waals surface area contributed by atoms with Crippen molar-refractivity contribution in [3.05, 3.63) is 22.4 Å². The van der Waals surface area contributed by atoms with Gasteiger partial charge >= 0.3 is 5.97 Å². The smallest absolute Gasteiger partial charge is 0.321 e. The van der Waals surface area contributed by atoms with Gasteiger partial charge in [0.25, 0.3) is 0 Å². The predicted octanol–water partition coefficient (Wildman–Crippen LogP) is 1.63. The van der Waals surface area contributed by atoms with E-state index < -0.39 is 16.8 Å². The summed E-state index contributed by atoms with van der Waals surface area (Å²) in [6, 6.07) is 2.93. The van der Waals surface area contributed by atoms with Crippen molar-refractivity contribution < 1.29 is 14.7 Å². The maximum Gasteiger partial charge on any atom is 0.321 e. The molecule has 0 fully saturated rings. The average Bonchev–Trinajstić information content (AvgIpc) is 2.87. The Balaban J connectivity index is 2.48. The molecule has 1 rings (SSSR count). The Bertz CT molecular complexity index is 460. The molecule has 0 unspecified atom stereocenters. The van der Waals surface area contributed by atoms with Crippen LogP contribution in [0, 0.1) is 0 Å². The van der Waals surface area contributed by atoms with Crippen molar-refractivity contribution in [2.24, 2.45) is 5.73 Å². The second-order valence-corrected chi connectivity index (χ2v) is 7.70. The Morgan fingerprint density at radius 2 is 2.20 bits per heavy atom. The molecule has 0 saturated carbocycles. The number of amides is 1. The van der Waals surface area contributed by atoms with Crippen molar-refractivity contribution in [3.63, 3.8) is 0 Å². The van der Waals surface area contributed by atoms with Crippen LogP contribution in [-0.4, -0.2) is 45.5 Å². The number of thioether (sulfide) groups is 1. The molecule has 3 N–H and O–H groups in total. The molecule has 0 aliphatic carbocycles. The normalized spacial score (nSPS) is 13.0. The second-order valence-electron chi connectivity index (χ2n) is 5.04. The minimum absolute atomic E-state index is 0.0333. The van der Waals surface area contributed by atoms with Crippen molar-refractivity contribution in [2.75, 3.05) is 12.8 Å². The van der Waals surface area contributed by atoms with Crippen LogP contribution in [0.4, 0.5) is 0 Å². The molecular formula is C13H20N2O3S2. The van der Waals surface area contributed by atoms with Crippen LogP contribution in [0.15, 0.2) is 17.5 Å². The molecule has 0 bridgehead atoms. The number of nitrogens with two attached hydrogens (primary N) is 1. The summed E-state index contributed by atoms with van der Waals surface area (Å²) < 4.78 is -0.689. The number of nitrogens with zero attached hydrogens (tertiary/aromatic N) is 1. The van der Waals surface area contributed by atoms with Gasteiger partial charge in [-0.25, -0.2) is 0 Å². The summed E-state index contributed by atoms with van der Waals surface area (Å²) in [6.07, 6.45) is 0. The minimum atomic E-state index is -1.05. The van der Waals surface area contributed by atoms with Crippen LogP contribution in [0.1, 0.15) is 18.7 Å². The molecule has 0 spiro atoms. The average molecular weight is 316 g/mol. The fourth-order valence-electron chi connectivity index (χ4n) is 1.47. The number of thiophene rings is 1. The molecule has 0 radical (unpaired) electrons. The molecule has 1 atom stereocenters. The highest BCUT2D eigenvalue weighted by atomic mass is 32.2. The summed E-state index contributed by atoms with van der Waals surface area (Å²) >= 11 is 2.87. The first kappa shape index (κ1) is 17.0. The number of rotatable bonds is 7. The first-order chi connectivity index (χ1) is 9.24. The summed E-state index contributed by atoms with van der Waals surface area (Å²) in [5.41, 5.74) is 5.62. The summed E-state index contributed by atoms with van der Waals surface area (Å²) in [4.78, 5) is 25.7. The minimum Gasteiger partial charge on any atom is -0.480 e. The van der Waals surface area contributed by atoms with Crippen LogP contribution in [0.3, 0.4) is 0 Å². The maximum absolute atomic E-state index is 12.0. The van der Waals surface area contributed by atoms with E-state index >= 15 is 0 Å². The first-order valence-electron chi connectivity index (χ1n) is 6.12. The van der Waals surface area contributed by atoms with Gasteiger partial charge in [-0.1, -0.05) is 6.07 Å². The quantitative estimate of drug-likeness (QED) is 0.799. The van der Waals surface area contributed by atoms with Gasteiger partial charge < -0.3 is 15.7 Å². The van der Waals surface area contributed by atoms with Gasteiger partial charge in [-0.05, 0) is 25.3 Å². The summed E-state index contributed by atoms with van der Waals surface area (Å²) in [6.45, 7) is 4.05. The number of carbonyl (C=O) groups excluding carboxylic acids is 1. The SMILES string of the molecule is CN(Cc1cccs1)C(=O)CSC(C)(C)[C@H](N)C(=O)O. The predicted molar refractivity (Wildman–Crippen MR) is 82.9 cm³/mol. The van der Waals surface area contributed by atoms with Crippen LogP contribution >= 0.6 is 23.1 Å². The third kappa shape index (κ3) is 4.81. The Morgan fingerprint density at radius 3 is 2.70 bits per heavy atom. The van der Waals surface area contributed by atoms with Crippen LogP contribution in [-0.2, 0) is 16.1 Å². The molecule has 0 aliphatic rings. The lowest BCUT2D eigenvalue weighted by Gasteiger charge is -2.28. The molecule has 1 amide bonds. The van der Waals surface area contributed by atoms with Gasteiger partial charge in [0, 0.05) is 16.7 Å². The van der Waals surface area contributed by atoms with Crippen molar-refractivity contribution in [2.45, 2.75) is 31.2 Å². The van der Waals surface area contributed by atoms with E-state index in [4.69, 9.17) is 10.8 Å². The zero-order chi connectivity index (χ0) is 15.3. The van der Waals surface area contributed by atoms with Gasteiger partial charge in [0.2, 0.25) is 5.91 Å². The van der Waals surface area contributed by atoms with Crippen LogP contribution < -0.4 is 5.73 Å². The van der Waals surface area contributed by atoms with Crippen molar-refractivity contribution in [1.29, 1.82) is 0 Å². The number of carbonyl (C=O) groups is 2. The van der Waals surface area contributed by atoms with E-state index in [9.17, 15) is 9.59 Å². The van der Waals surface area contributed by atoms with Gasteiger partial charge in [0.05, 0.1) is 12.3 Å². The molecule has 7 heteroatoms. The standard InChI is InChI=1S/C13H20N2O3S2/c1-13(2,11(14)12(17)18)20-8-10(16)15(3)7-9-5-4-6-19-9/h4-6,11H,7-8,14H2,1-3H3,(H,17,18)/t11-/m1/s1.